The van der Waals surface area contributed by atoms with Gasteiger partial charge >= 0.3 is 5.97 Å². The lowest BCUT2D eigenvalue weighted by Gasteiger charge is -2.39. The van der Waals surface area contributed by atoms with Crippen LogP contribution in [-0.2, 0) is 28.9 Å². The van der Waals surface area contributed by atoms with Crippen molar-refractivity contribution in [2.45, 2.75) is 72.3 Å². The molecular weight excluding hydrogens is 416 g/mol. The Labute approximate surface area is 196 Å². The van der Waals surface area contributed by atoms with Gasteiger partial charge in [-0.1, -0.05) is 39.0 Å². The quantitative estimate of drug-likeness (QED) is 0.575. The van der Waals surface area contributed by atoms with Crippen molar-refractivity contribution in [1.82, 2.24) is 9.78 Å². The number of hydrogen-bond acceptors (Lipinski definition) is 5. The second-order valence-corrected chi connectivity index (χ2v) is 9.61. The van der Waals surface area contributed by atoms with E-state index in [2.05, 4.69) is 11.6 Å². The molecule has 1 aromatic heterocycles. The number of ether oxygens (including phenoxy) is 2. The molecular formula is C27H36N2O4. The molecule has 0 bridgehead atoms. The Morgan fingerprint density at radius 3 is 2.42 bits per heavy atom. The summed E-state index contributed by atoms with van der Waals surface area (Å²) < 4.78 is 13.3. The number of nitrogens with zero attached hydrogens (tertiary/aromatic N) is 2. The molecule has 5 rings (SSSR count). The van der Waals surface area contributed by atoms with Gasteiger partial charge in [-0.05, 0) is 56.1 Å². The molecule has 1 spiro atoms. The molecule has 1 saturated carbocycles. The maximum absolute atomic E-state index is 13.1. The smallest absolute Gasteiger partial charge is 0.338 e. The third kappa shape index (κ3) is 4.91. The van der Waals surface area contributed by atoms with Crippen LogP contribution in [0.25, 0.3) is 0 Å². The van der Waals surface area contributed by atoms with Gasteiger partial charge in [0.2, 0.25) is 0 Å². The van der Waals surface area contributed by atoms with Crippen molar-refractivity contribution in [3.8, 4) is 0 Å². The number of hydrogen-bond donors (Lipinski definition) is 0. The largest absolute Gasteiger partial charge is 0.461 e. The van der Waals surface area contributed by atoms with Gasteiger partial charge in [0.05, 0.1) is 35.7 Å². The summed E-state index contributed by atoms with van der Waals surface area (Å²) in [5.41, 5.74) is 3.39. The molecule has 178 valence electrons. The SMILES string of the molecule is CC.CCc1nn(CC2(COC(=O)c3ccccc3)CC2)c2c1C(=O)CC1(CCOCC1)C2. The minimum atomic E-state index is -0.278. The third-order valence-corrected chi connectivity index (χ3v) is 7.34. The fourth-order valence-electron chi connectivity index (χ4n) is 5.15. The first-order valence-corrected chi connectivity index (χ1v) is 12.4. The summed E-state index contributed by atoms with van der Waals surface area (Å²) >= 11 is 0. The number of rotatable bonds is 6. The molecule has 0 atom stereocenters. The van der Waals surface area contributed by atoms with E-state index in [0.717, 1.165) is 68.7 Å². The van der Waals surface area contributed by atoms with E-state index in [4.69, 9.17) is 14.6 Å². The molecule has 33 heavy (non-hydrogen) atoms. The van der Waals surface area contributed by atoms with Gasteiger partial charge in [0.1, 0.15) is 0 Å². The van der Waals surface area contributed by atoms with E-state index in [1.165, 1.54) is 0 Å². The molecule has 0 radical (unpaired) electrons. The van der Waals surface area contributed by atoms with Crippen molar-refractivity contribution < 1.29 is 19.1 Å². The maximum Gasteiger partial charge on any atom is 0.338 e. The Bertz CT molecular complexity index is 985. The molecule has 0 amide bonds. The number of ketones is 1. The van der Waals surface area contributed by atoms with Crippen molar-refractivity contribution >= 4 is 11.8 Å². The van der Waals surface area contributed by atoms with Crippen LogP contribution in [0.1, 0.15) is 85.0 Å². The Morgan fingerprint density at radius 2 is 1.79 bits per heavy atom. The van der Waals surface area contributed by atoms with E-state index in [9.17, 15) is 9.59 Å². The summed E-state index contributed by atoms with van der Waals surface area (Å²) in [5, 5.41) is 4.87. The first kappa shape index (κ1) is 23.7. The molecule has 3 aliphatic rings. The summed E-state index contributed by atoms with van der Waals surface area (Å²) in [6.07, 6.45) is 6.16. The minimum Gasteiger partial charge on any atom is -0.461 e. The van der Waals surface area contributed by atoms with E-state index in [1.54, 1.807) is 12.1 Å². The van der Waals surface area contributed by atoms with Crippen molar-refractivity contribution in [3.63, 3.8) is 0 Å². The molecule has 1 saturated heterocycles. The Morgan fingerprint density at radius 1 is 1.09 bits per heavy atom. The second-order valence-electron chi connectivity index (χ2n) is 9.61. The number of aryl methyl sites for hydroxylation is 1. The van der Waals surface area contributed by atoms with Gasteiger partial charge in [0, 0.05) is 25.0 Å². The molecule has 2 heterocycles. The van der Waals surface area contributed by atoms with Crippen LogP contribution < -0.4 is 0 Å². The molecule has 1 aromatic carbocycles. The molecule has 2 aliphatic carbocycles. The average molecular weight is 453 g/mol. The van der Waals surface area contributed by atoms with E-state index in [-0.39, 0.29) is 22.6 Å². The topological polar surface area (TPSA) is 70.4 Å². The zero-order valence-corrected chi connectivity index (χ0v) is 20.2. The van der Waals surface area contributed by atoms with Crippen LogP contribution in [0.5, 0.6) is 0 Å². The number of carbonyl (C=O) groups is 2. The van der Waals surface area contributed by atoms with E-state index in [0.29, 0.717) is 25.1 Å². The summed E-state index contributed by atoms with van der Waals surface area (Å²) in [7, 11) is 0. The predicted octanol–water partition coefficient (Wildman–Crippen LogP) is 5.03. The van der Waals surface area contributed by atoms with Crippen LogP contribution in [0, 0.1) is 10.8 Å². The molecule has 2 fully saturated rings. The number of esters is 1. The van der Waals surface area contributed by atoms with Gasteiger partial charge in [-0.25, -0.2) is 4.79 Å². The lowest BCUT2D eigenvalue weighted by Crippen LogP contribution is -2.38. The Hall–Kier alpha value is -2.47. The highest BCUT2D eigenvalue weighted by Gasteiger charge is 2.47. The lowest BCUT2D eigenvalue weighted by molar-refractivity contribution is 0.00804. The number of fused-ring (bicyclic) bond motifs is 1. The fourth-order valence-corrected chi connectivity index (χ4v) is 5.15. The van der Waals surface area contributed by atoms with Gasteiger partial charge < -0.3 is 9.47 Å². The summed E-state index contributed by atoms with van der Waals surface area (Å²) in [5.74, 6) is -0.0356. The number of benzene rings is 1. The van der Waals surface area contributed by atoms with Gasteiger partial charge in [-0.3, -0.25) is 9.48 Å². The van der Waals surface area contributed by atoms with Gasteiger partial charge in [0.15, 0.2) is 5.78 Å². The van der Waals surface area contributed by atoms with Crippen LogP contribution in [0.2, 0.25) is 0 Å². The highest BCUT2D eigenvalue weighted by atomic mass is 16.5. The Kier molecular flexibility index (Phi) is 7.03. The highest BCUT2D eigenvalue weighted by Crippen LogP contribution is 2.49. The average Bonchev–Trinajstić information content (AvgIpc) is 3.53. The van der Waals surface area contributed by atoms with Crippen LogP contribution in [-0.4, -0.2) is 41.4 Å². The second kappa shape index (κ2) is 9.80. The number of Topliss-reactive ketones (excluding diaryl/α,β-unsaturated/α-hetero) is 1. The monoisotopic (exact) mass is 452 g/mol. The molecule has 1 aliphatic heterocycles. The first-order chi connectivity index (χ1) is 16.0. The van der Waals surface area contributed by atoms with Crippen molar-refractivity contribution in [1.29, 1.82) is 0 Å². The summed E-state index contributed by atoms with van der Waals surface area (Å²) in [6.45, 7) is 8.63. The number of carbonyl (C=O) groups excluding carboxylic acids is 2. The standard InChI is InChI=1S/C25H30N2O4.C2H6/c1-2-19-22-20(14-24(15-21(22)28)10-12-30-13-11-24)27(26-19)16-25(8-9-25)17-31-23(29)18-6-4-3-5-7-18;1-2/h3-7H,2,8-17H2,1H3;1-2H3. The highest BCUT2D eigenvalue weighted by molar-refractivity contribution is 6.00. The lowest BCUT2D eigenvalue weighted by atomic mass is 9.68. The maximum atomic E-state index is 13.1. The summed E-state index contributed by atoms with van der Waals surface area (Å²) in [4.78, 5) is 25.5. The van der Waals surface area contributed by atoms with Crippen LogP contribution >= 0.6 is 0 Å². The third-order valence-electron chi connectivity index (χ3n) is 7.34. The normalized spacial score (nSPS) is 19.9. The molecule has 2 aromatic rings. The van der Waals surface area contributed by atoms with E-state index in [1.807, 2.05) is 32.0 Å². The van der Waals surface area contributed by atoms with Gasteiger partial charge in [-0.15, -0.1) is 0 Å². The van der Waals surface area contributed by atoms with E-state index >= 15 is 0 Å². The van der Waals surface area contributed by atoms with Gasteiger partial charge in [0.25, 0.3) is 0 Å². The fraction of sp³-hybridized carbons (Fsp3) is 0.593. The summed E-state index contributed by atoms with van der Waals surface area (Å²) in [6, 6.07) is 9.12. The number of aromatic nitrogens is 2. The van der Waals surface area contributed by atoms with Crippen molar-refractivity contribution in [3.05, 3.63) is 52.8 Å². The molecule has 0 unspecified atom stereocenters. The molecule has 6 nitrogen and oxygen atoms in total. The van der Waals surface area contributed by atoms with Crippen molar-refractivity contribution in [2.24, 2.45) is 10.8 Å². The first-order valence-electron chi connectivity index (χ1n) is 12.4. The predicted molar refractivity (Wildman–Crippen MR) is 126 cm³/mol. The van der Waals surface area contributed by atoms with E-state index < -0.39 is 0 Å². The zero-order valence-electron chi connectivity index (χ0n) is 20.2. The van der Waals surface area contributed by atoms with Crippen LogP contribution in [0.3, 0.4) is 0 Å². The molecule has 6 heteroatoms. The minimum absolute atomic E-state index is 0.0155. The van der Waals surface area contributed by atoms with Gasteiger partial charge in [-0.2, -0.15) is 5.10 Å². The molecule has 0 N–H and O–H groups in total. The van der Waals surface area contributed by atoms with Crippen LogP contribution in [0.4, 0.5) is 0 Å². The van der Waals surface area contributed by atoms with Crippen molar-refractivity contribution in [2.75, 3.05) is 19.8 Å². The Balaban J connectivity index is 0.00000126. The zero-order chi connectivity index (χ0) is 23.5. The van der Waals surface area contributed by atoms with Crippen LogP contribution in [0.15, 0.2) is 30.3 Å².